The van der Waals surface area contributed by atoms with Crippen LogP contribution in [0.2, 0.25) is 19.6 Å². The average molecular weight is 290 g/mol. The van der Waals surface area contributed by atoms with Crippen LogP contribution in [-0.2, 0) is 10.8 Å². The summed E-state index contributed by atoms with van der Waals surface area (Å²) in [7, 11) is -0.0379. The Hall–Kier alpha value is -1.68. The van der Waals surface area contributed by atoms with Gasteiger partial charge >= 0.3 is 0 Å². The van der Waals surface area contributed by atoms with Crippen LogP contribution >= 0.6 is 0 Å². The number of rotatable bonds is 5. The highest BCUT2D eigenvalue weighted by atomic mass is 28.4. The number of furan rings is 1. The Bertz CT molecular complexity index is 635. The van der Waals surface area contributed by atoms with E-state index in [0.29, 0.717) is 5.76 Å². The molecule has 2 rings (SSSR count). The van der Waals surface area contributed by atoms with Gasteiger partial charge in [-0.1, -0.05) is 13.5 Å². The molecule has 0 radical (unpaired) electrons. The van der Waals surface area contributed by atoms with E-state index in [1.54, 1.807) is 7.11 Å². The lowest BCUT2D eigenvalue weighted by molar-refractivity contribution is 0.414. The number of hydrogen-bond donors (Lipinski definition) is 0. The van der Waals surface area contributed by atoms with Crippen molar-refractivity contribution < 1.29 is 13.6 Å². The zero-order chi connectivity index (χ0) is 14.9. The molecule has 20 heavy (non-hydrogen) atoms. The zero-order valence-corrected chi connectivity index (χ0v) is 13.9. The van der Waals surface area contributed by atoms with E-state index in [0.717, 1.165) is 34.5 Å². The number of aryl methyl sites for hydroxylation is 1. The molecule has 1 aromatic heterocycles. The molecule has 0 saturated heterocycles. The van der Waals surface area contributed by atoms with Crippen molar-refractivity contribution in [1.82, 2.24) is 0 Å². The number of ether oxygens (including phenoxy) is 1. The van der Waals surface area contributed by atoms with E-state index in [1.807, 2.05) is 18.2 Å². The molecular weight excluding hydrogens is 268 g/mol. The Kier molecular flexibility index (Phi) is 3.95. The molecule has 1 heterocycles. The minimum atomic E-state index is -1.69. The summed E-state index contributed by atoms with van der Waals surface area (Å²) in [5, 5.41) is 1.10. The third-order valence-corrected chi connectivity index (χ3v) is 3.89. The Balaban J connectivity index is 2.50. The molecular formula is C16H22O3Si. The topological polar surface area (TPSA) is 31.6 Å². The first-order valence-corrected chi connectivity index (χ1v) is 10.2. The lowest BCUT2D eigenvalue weighted by Crippen LogP contribution is -2.24. The minimum Gasteiger partial charge on any atom is -0.542 e. The fourth-order valence-corrected chi connectivity index (χ4v) is 3.08. The van der Waals surface area contributed by atoms with Crippen LogP contribution in [0.25, 0.3) is 16.7 Å². The summed E-state index contributed by atoms with van der Waals surface area (Å²) < 4.78 is 17.2. The molecule has 0 N–H and O–H groups in total. The van der Waals surface area contributed by atoms with Crippen molar-refractivity contribution in [2.24, 2.45) is 0 Å². The van der Waals surface area contributed by atoms with Crippen molar-refractivity contribution in [3.8, 4) is 5.75 Å². The molecule has 108 valence electrons. The van der Waals surface area contributed by atoms with Gasteiger partial charge in [0.25, 0.3) is 0 Å². The van der Waals surface area contributed by atoms with E-state index >= 15 is 0 Å². The van der Waals surface area contributed by atoms with Gasteiger partial charge in [-0.2, -0.15) is 0 Å². The van der Waals surface area contributed by atoms with Crippen LogP contribution < -0.4 is 4.74 Å². The fourth-order valence-electron chi connectivity index (χ4n) is 2.25. The molecule has 1 aromatic carbocycles. The van der Waals surface area contributed by atoms with Crippen molar-refractivity contribution in [3.63, 3.8) is 0 Å². The van der Waals surface area contributed by atoms with Crippen LogP contribution in [0.4, 0.5) is 0 Å². The van der Waals surface area contributed by atoms with E-state index in [9.17, 15) is 0 Å². The van der Waals surface area contributed by atoms with Crippen LogP contribution in [0.5, 0.6) is 5.75 Å². The summed E-state index contributed by atoms with van der Waals surface area (Å²) in [4.78, 5) is 0. The number of hydrogen-bond acceptors (Lipinski definition) is 3. The summed E-state index contributed by atoms with van der Waals surface area (Å²) >= 11 is 0. The summed E-state index contributed by atoms with van der Waals surface area (Å²) in [5.74, 6) is 2.19. The normalized spacial score (nSPS) is 11.7. The van der Waals surface area contributed by atoms with Crippen molar-refractivity contribution >= 4 is 25.0 Å². The maximum atomic E-state index is 5.97. The SMILES string of the molecule is C=C(O[Si](C)(C)C)c1oc2cc(OC)ccc2c1CC. The average Bonchev–Trinajstić information content (AvgIpc) is 2.74. The second kappa shape index (κ2) is 5.36. The van der Waals surface area contributed by atoms with Crippen molar-refractivity contribution in [2.45, 2.75) is 33.0 Å². The van der Waals surface area contributed by atoms with E-state index in [4.69, 9.17) is 13.6 Å². The molecule has 0 spiro atoms. The fraction of sp³-hybridized carbons (Fsp3) is 0.375. The van der Waals surface area contributed by atoms with E-state index < -0.39 is 8.32 Å². The van der Waals surface area contributed by atoms with Crippen molar-refractivity contribution in [1.29, 1.82) is 0 Å². The lowest BCUT2D eigenvalue weighted by Gasteiger charge is -2.20. The molecule has 0 unspecified atom stereocenters. The molecule has 3 nitrogen and oxygen atoms in total. The lowest BCUT2D eigenvalue weighted by atomic mass is 10.1. The van der Waals surface area contributed by atoms with Gasteiger partial charge in [0.15, 0.2) is 5.76 Å². The molecule has 0 amide bonds. The van der Waals surface area contributed by atoms with Gasteiger partial charge in [0.1, 0.15) is 17.1 Å². The second-order valence-corrected chi connectivity index (χ2v) is 10.2. The van der Waals surface area contributed by atoms with Crippen molar-refractivity contribution in [2.75, 3.05) is 7.11 Å². The molecule has 0 saturated carbocycles. The largest absolute Gasteiger partial charge is 0.542 e. The molecule has 4 heteroatoms. The van der Waals surface area contributed by atoms with E-state index in [-0.39, 0.29) is 0 Å². The number of benzene rings is 1. The van der Waals surface area contributed by atoms with Gasteiger partial charge in [-0.3, -0.25) is 0 Å². The molecule has 0 bridgehead atoms. The summed E-state index contributed by atoms with van der Waals surface area (Å²) in [6, 6.07) is 5.88. The zero-order valence-electron chi connectivity index (χ0n) is 12.9. The third-order valence-electron chi connectivity index (χ3n) is 3.04. The number of fused-ring (bicyclic) bond motifs is 1. The van der Waals surface area contributed by atoms with Crippen LogP contribution in [-0.4, -0.2) is 15.4 Å². The predicted octanol–water partition coefficient (Wildman–Crippen LogP) is 4.83. The third kappa shape index (κ3) is 2.90. The van der Waals surface area contributed by atoms with Gasteiger partial charge in [0, 0.05) is 17.0 Å². The first kappa shape index (κ1) is 14.7. The minimum absolute atomic E-state index is 0.635. The Labute approximate surface area is 121 Å². The Morgan fingerprint density at radius 2 is 2.00 bits per heavy atom. The molecule has 2 aromatic rings. The maximum absolute atomic E-state index is 5.97. The first-order valence-electron chi connectivity index (χ1n) is 6.83. The first-order chi connectivity index (χ1) is 9.35. The van der Waals surface area contributed by atoms with Crippen LogP contribution in [0.1, 0.15) is 18.2 Å². The Morgan fingerprint density at radius 3 is 2.55 bits per heavy atom. The van der Waals surface area contributed by atoms with Gasteiger partial charge in [-0.05, 0) is 38.2 Å². The predicted molar refractivity (Wildman–Crippen MR) is 85.6 cm³/mol. The van der Waals surface area contributed by atoms with Gasteiger partial charge in [-0.15, -0.1) is 0 Å². The van der Waals surface area contributed by atoms with E-state index in [1.165, 1.54) is 0 Å². The highest BCUT2D eigenvalue weighted by Crippen LogP contribution is 2.34. The molecule has 0 aliphatic carbocycles. The molecule has 0 atom stereocenters. The standard InChI is InChI=1S/C16H22O3Si/c1-7-13-14-9-8-12(17-3)10-15(14)18-16(13)11(2)19-20(4,5)6/h8-10H,2,7H2,1,3-6H3. The second-order valence-electron chi connectivity index (χ2n) is 5.76. The van der Waals surface area contributed by atoms with Gasteiger partial charge in [0.2, 0.25) is 8.32 Å². The number of methoxy groups -OCH3 is 1. The van der Waals surface area contributed by atoms with Crippen molar-refractivity contribution in [3.05, 3.63) is 36.1 Å². The Morgan fingerprint density at radius 1 is 1.30 bits per heavy atom. The molecule has 0 aliphatic rings. The van der Waals surface area contributed by atoms with Crippen LogP contribution in [0, 0.1) is 0 Å². The van der Waals surface area contributed by atoms with Gasteiger partial charge < -0.3 is 13.6 Å². The summed E-state index contributed by atoms with van der Waals surface area (Å²) in [6.45, 7) is 12.6. The summed E-state index contributed by atoms with van der Waals surface area (Å²) in [6.07, 6.45) is 0.878. The van der Waals surface area contributed by atoms with Crippen LogP contribution in [0.3, 0.4) is 0 Å². The van der Waals surface area contributed by atoms with Gasteiger partial charge in [-0.25, -0.2) is 0 Å². The smallest absolute Gasteiger partial charge is 0.242 e. The van der Waals surface area contributed by atoms with Crippen LogP contribution in [0.15, 0.2) is 29.2 Å². The monoisotopic (exact) mass is 290 g/mol. The molecule has 0 aliphatic heterocycles. The summed E-state index contributed by atoms with van der Waals surface area (Å²) in [5.41, 5.74) is 1.96. The molecule has 0 fully saturated rings. The highest BCUT2D eigenvalue weighted by Gasteiger charge is 2.22. The highest BCUT2D eigenvalue weighted by molar-refractivity contribution is 6.70. The van der Waals surface area contributed by atoms with Gasteiger partial charge in [0.05, 0.1) is 7.11 Å². The maximum Gasteiger partial charge on any atom is 0.242 e. The van der Waals surface area contributed by atoms with E-state index in [2.05, 4.69) is 33.1 Å². The quantitative estimate of drug-likeness (QED) is 0.584.